The number of fused-ring (bicyclic) bond motifs is 1. The molecule has 9 nitrogen and oxygen atoms in total. The molecule has 1 aliphatic rings. The normalized spacial score (nSPS) is 18.8. The lowest BCUT2D eigenvalue weighted by Gasteiger charge is -2.35. The van der Waals surface area contributed by atoms with E-state index in [0.717, 1.165) is 27.3 Å². The van der Waals surface area contributed by atoms with E-state index in [1.165, 1.54) is 0 Å². The van der Waals surface area contributed by atoms with E-state index in [-0.39, 0.29) is 6.54 Å². The van der Waals surface area contributed by atoms with Crippen LogP contribution < -0.4 is 4.90 Å². The van der Waals surface area contributed by atoms with Crippen molar-refractivity contribution in [3.63, 3.8) is 0 Å². The van der Waals surface area contributed by atoms with E-state index >= 15 is 0 Å². The van der Waals surface area contributed by atoms with Gasteiger partial charge in [-0.1, -0.05) is 0 Å². The van der Waals surface area contributed by atoms with Crippen molar-refractivity contribution in [2.24, 2.45) is 0 Å². The Kier molecular flexibility index (Phi) is 4.93. The highest BCUT2D eigenvalue weighted by Crippen LogP contribution is 2.26. The van der Waals surface area contributed by atoms with Crippen LogP contribution in [0.4, 0.5) is 5.82 Å². The van der Waals surface area contributed by atoms with Crippen molar-refractivity contribution < 1.29 is 27.5 Å². The molecule has 0 radical (unpaired) electrons. The fraction of sp³-hybridized carbons (Fsp3) is 0.467. The summed E-state index contributed by atoms with van der Waals surface area (Å²) in [6.45, 7) is 0.789. The number of nitrogens with zero attached hydrogens (tertiary/aromatic N) is 3. The minimum Gasteiger partial charge on any atom is -0.480 e. The molecular formula is C15H19N3O6S. The molecule has 1 N–H and O–H groups in total. The van der Waals surface area contributed by atoms with E-state index in [1.807, 2.05) is 11.0 Å². The highest BCUT2D eigenvalue weighted by molar-refractivity contribution is 7.88. The minimum atomic E-state index is -3.64. The summed E-state index contributed by atoms with van der Waals surface area (Å²) < 4.78 is 35.5. The number of carboxylic acids is 1. The van der Waals surface area contributed by atoms with Crippen molar-refractivity contribution in [3.8, 4) is 0 Å². The first-order chi connectivity index (χ1) is 11.8. The minimum absolute atomic E-state index is 0.0248. The lowest BCUT2D eigenvalue weighted by atomic mass is 10.2. The van der Waals surface area contributed by atoms with E-state index in [4.69, 9.17) is 14.3 Å². The van der Waals surface area contributed by atoms with Crippen molar-refractivity contribution in [2.75, 3.05) is 43.9 Å². The Balaban J connectivity index is 1.76. The van der Waals surface area contributed by atoms with Crippen molar-refractivity contribution in [3.05, 3.63) is 24.6 Å². The summed E-state index contributed by atoms with van der Waals surface area (Å²) in [5, 5.41) is 9.79. The predicted octanol–water partition coefficient (Wildman–Crippen LogP) is 0.379. The molecule has 0 bridgehead atoms. The van der Waals surface area contributed by atoms with Gasteiger partial charge in [-0.05, 0) is 12.1 Å². The van der Waals surface area contributed by atoms with Gasteiger partial charge in [0.05, 0.1) is 30.6 Å². The molecule has 10 heteroatoms. The molecule has 1 unspecified atom stereocenters. The Morgan fingerprint density at radius 2 is 2.28 bits per heavy atom. The zero-order valence-electron chi connectivity index (χ0n) is 13.7. The number of hydrogen-bond donors (Lipinski definition) is 1. The molecule has 1 aliphatic heterocycles. The third-order valence-electron chi connectivity index (χ3n) is 3.99. The van der Waals surface area contributed by atoms with Crippen molar-refractivity contribution in [1.29, 1.82) is 0 Å². The number of furan rings is 1. The number of hydrogen-bond acceptors (Lipinski definition) is 7. The zero-order chi connectivity index (χ0) is 18.0. The molecule has 3 rings (SSSR count). The van der Waals surface area contributed by atoms with Gasteiger partial charge in [0.1, 0.15) is 17.9 Å². The van der Waals surface area contributed by atoms with Crippen LogP contribution in [-0.2, 0) is 19.6 Å². The Bertz CT molecular complexity index is 865. The van der Waals surface area contributed by atoms with Gasteiger partial charge in [0.25, 0.3) is 0 Å². The van der Waals surface area contributed by atoms with Crippen LogP contribution in [0.25, 0.3) is 11.0 Å². The molecule has 0 spiro atoms. The average molecular weight is 369 g/mol. The second-order valence-corrected chi connectivity index (χ2v) is 7.84. The molecule has 136 valence electrons. The van der Waals surface area contributed by atoms with Crippen LogP contribution in [0.1, 0.15) is 0 Å². The molecule has 0 aliphatic carbocycles. The Morgan fingerprint density at radius 3 is 3.00 bits per heavy atom. The Hall–Kier alpha value is -2.17. The number of rotatable bonds is 6. The standard InChI is InChI=1S/C15H19N3O6S/c1-25(21,22)18(10-14(19)20)9-11-8-17(5-7-23-11)15-12-3-6-24-13(12)2-4-16-15/h2-4,6,11H,5,7-10H2,1H3,(H,19,20). The van der Waals surface area contributed by atoms with Crippen LogP contribution in [0.5, 0.6) is 0 Å². The number of ether oxygens (including phenoxy) is 1. The van der Waals surface area contributed by atoms with E-state index in [9.17, 15) is 13.2 Å². The maximum Gasteiger partial charge on any atom is 0.318 e. The number of sulfonamides is 1. The number of pyridine rings is 1. The lowest BCUT2D eigenvalue weighted by molar-refractivity contribution is -0.137. The predicted molar refractivity (Wildman–Crippen MR) is 90.0 cm³/mol. The second kappa shape index (κ2) is 6.98. The molecule has 0 saturated carbocycles. The fourth-order valence-electron chi connectivity index (χ4n) is 2.85. The van der Waals surface area contributed by atoms with Crippen LogP contribution in [0.3, 0.4) is 0 Å². The van der Waals surface area contributed by atoms with E-state index in [0.29, 0.717) is 19.7 Å². The lowest BCUT2D eigenvalue weighted by Crippen LogP contribution is -2.49. The molecule has 0 aromatic carbocycles. The van der Waals surface area contributed by atoms with Gasteiger partial charge in [0, 0.05) is 25.8 Å². The van der Waals surface area contributed by atoms with Gasteiger partial charge in [0.15, 0.2) is 0 Å². The number of carboxylic acid groups (broad SMARTS) is 1. The molecule has 2 aromatic rings. The maximum atomic E-state index is 11.8. The summed E-state index contributed by atoms with van der Waals surface area (Å²) in [6.07, 6.45) is 3.78. The molecule has 1 saturated heterocycles. The summed E-state index contributed by atoms with van der Waals surface area (Å²) in [5.41, 5.74) is 0.719. The Morgan fingerprint density at radius 1 is 1.48 bits per heavy atom. The zero-order valence-corrected chi connectivity index (χ0v) is 14.5. The Labute approximate surface area is 144 Å². The van der Waals surface area contributed by atoms with Crippen LogP contribution in [0, 0.1) is 0 Å². The molecule has 3 heterocycles. The van der Waals surface area contributed by atoms with Crippen LogP contribution in [0.15, 0.2) is 29.0 Å². The van der Waals surface area contributed by atoms with E-state index < -0.39 is 28.6 Å². The number of aromatic nitrogens is 1. The fourth-order valence-corrected chi connectivity index (χ4v) is 3.63. The average Bonchev–Trinajstić information content (AvgIpc) is 3.02. The number of carbonyl (C=O) groups is 1. The summed E-state index contributed by atoms with van der Waals surface area (Å²) in [4.78, 5) is 17.3. The van der Waals surface area contributed by atoms with Crippen LogP contribution in [0.2, 0.25) is 0 Å². The van der Waals surface area contributed by atoms with Gasteiger partial charge in [0.2, 0.25) is 10.0 Å². The molecule has 25 heavy (non-hydrogen) atoms. The van der Waals surface area contributed by atoms with E-state index in [1.54, 1.807) is 18.5 Å². The van der Waals surface area contributed by atoms with Gasteiger partial charge in [-0.2, -0.15) is 4.31 Å². The summed E-state index contributed by atoms with van der Waals surface area (Å²) in [5.74, 6) is -0.466. The third kappa shape index (κ3) is 4.09. The van der Waals surface area contributed by atoms with Gasteiger partial charge >= 0.3 is 5.97 Å². The maximum absolute atomic E-state index is 11.8. The largest absolute Gasteiger partial charge is 0.480 e. The molecule has 1 atom stereocenters. The van der Waals surface area contributed by atoms with Gasteiger partial charge in [-0.3, -0.25) is 4.79 Å². The molecular weight excluding hydrogens is 350 g/mol. The summed E-state index contributed by atoms with van der Waals surface area (Å²) in [7, 11) is -3.64. The monoisotopic (exact) mass is 369 g/mol. The number of anilines is 1. The van der Waals surface area contributed by atoms with Crippen molar-refractivity contribution >= 4 is 32.8 Å². The quantitative estimate of drug-likeness (QED) is 0.777. The summed E-state index contributed by atoms with van der Waals surface area (Å²) >= 11 is 0. The molecule has 0 amide bonds. The number of morpholine rings is 1. The van der Waals surface area contributed by atoms with E-state index in [2.05, 4.69) is 4.98 Å². The van der Waals surface area contributed by atoms with Crippen molar-refractivity contribution in [2.45, 2.75) is 6.10 Å². The van der Waals surface area contributed by atoms with Gasteiger partial charge in [-0.15, -0.1) is 0 Å². The van der Waals surface area contributed by atoms with Crippen LogP contribution >= 0.6 is 0 Å². The third-order valence-corrected chi connectivity index (χ3v) is 5.20. The topological polar surface area (TPSA) is 113 Å². The number of aliphatic carboxylic acids is 1. The van der Waals surface area contributed by atoms with Crippen molar-refractivity contribution in [1.82, 2.24) is 9.29 Å². The first-order valence-electron chi connectivity index (χ1n) is 7.70. The smallest absolute Gasteiger partial charge is 0.318 e. The van der Waals surface area contributed by atoms with Gasteiger partial charge < -0.3 is 19.2 Å². The second-order valence-electron chi connectivity index (χ2n) is 5.86. The highest BCUT2D eigenvalue weighted by Gasteiger charge is 2.29. The first-order valence-corrected chi connectivity index (χ1v) is 9.55. The first kappa shape index (κ1) is 17.6. The van der Waals surface area contributed by atoms with Gasteiger partial charge in [-0.25, -0.2) is 13.4 Å². The highest BCUT2D eigenvalue weighted by atomic mass is 32.2. The SMILES string of the molecule is CS(=O)(=O)N(CC(=O)O)CC1CN(c2nccc3occc23)CCO1. The molecule has 1 fully saturated rings. The summed E-state index contributed by atoms with van der Waals surface area (Å²) in [6, 6.07) is 3.60. The molecule has 2 aromatic heterocycles. The van der Waals surface area contributed by atoms with Crippen LogP contribution in [-0.4, -0.2) is 73.9 Å².